The van der Waals surface area contributed by atoms with Gasteiger partial charge in [-0.3, -0.25) is 14.6 Å². The molecule has 0 saturated heterocycles. The summed E-state index contributed by atoms with van der Waals surface area (Å²) in [6.45, 7) is 0. The highest BCUT2D eigenvalue weighted by atomic mass is 16.2. The van der Waals surface area contributed by atoms with E-state index in [1.165, 1.54) is 16.7 Å². The van der Waals surface area contributed by atoms with Crippen LogP contribution >= 0.6 is 0 Å². The number of benzene rings is 1. The van der Waals surface area contributed by atoms with E-state index in [9.17, 15) is 9.59 Å². The topological polar surface area (TPSA) is 156 Å². The standard InChI is InChI=1S/C31H30N8O2/c1-39(2)31(41)18-8-9-24(35-15-18)23-13-19(16-36-28(23)33)20-11-12-34-29-22(20)14-26(37-29)30(40)38-25-10-7-17-5-3-4-6-21(17)27(25)32/h3-6,8-9,11-16,25,27H,7,10,32H2,1-2H3,(H2,33,36)(H,34,37)(H,38,40)/t25-,27+/m0/s1. The molecule has 0 fully saturated rings. The molecule has 10 nitrogen and oxygen atoms in total. The minimum Gasteiger partial charge on any atom is -0.383 e. The van der Waals surface area contributed by atoms with Gasteiger partial charge in [-0.2, -0.15) is 0 Å². The number of aromatic nitrogens is 4. The lowest BCUT2D eigenvalue weighted by Crippen LogP contribution is -2.45. The van der Waals surface area contributed by atoms with Crippen molar-refractivity contribution in [3.05, 3.63) is 95.6 Å². The molecule has 0 bridgehead atoms. The first-order chi connectivity index (χ1) is 19.8. The monoisotopic (exact) mass is 546 g/mol. The molecule has 10 heteroatoms. The summed E-state index contributed by atoms with van der Waals surface area (Å²) in [7, 11) is 3.38. The number of carbonyl (C=O) groups is 2. The van der Waals surface area contributed by atoms with Gasteiger partial charge >= 0.3 is 0 Å². The number of anilines is 1. The van der Waals surface area contributed by atoms with Crippen LogP contribution in [0.3, 0.4) is 0 Å². The predicted octanol–water partition coefficient (Wildman–Crippen LogP) is 3.72. The lowest BCUT2D eigenvalue weighted by molar-refractivity contribution is 0.0826. The molecule has 1 aliphatic rings. The smallest absolute Gasteiger partial charge is 0.268 e. The summed E-state index contributed by atoms with van der Waals surface area (Å²) >= 11 is 0. The van der Waals surface area contributed by atoms with E-state index in [4.69, 9.17) is 11.5 Å². The number of hydrogen-bond donors (Lipinski definition) is 4. The molecule has 6 N–H and O–H groups in total. The molecule has 4 heterocycles. The van der Waals surface area contributed by atoms with Gasteiger partial charge in [-0.25, -0.2) is 9.97 Å². The average Bonchev–Trinajstić information content (AvgIpc) is 3.44. The molecule has 5 aromatic rings. The molecule has 1 aromatic carbocycles. The van der Waals surface area contributed by atoms with E-state index in [1.54, 1.807) is 44.7 Å². The number of nitrogens with zero attached hydrogens (tertiary/aromatic N) is 4. The Bertz CT molecular complexity index is 1780. The predicted molar refractivity (Wildman–Crippen MR) is 158 cm³/mol. The highest BCUT2D eigenvalue weighted by molar-refractivity contribution is 6.02. The number of aryl methyl sites for hydroxylation is 1. The zero-order valence-electron chi connectivity index (χ0n) is 22.8. The van der Waals surface area contributed by atoms with Crippen LogP contribution in [0.1, 0.15) is 44.4 Å². The number of nitrogens with two attached hydrogens (primary N) is 2. The molecule has 0 saturated carbocycles. The molecular weight excluding hydrogens is 516 g/mol. The maximum atomic E-state index is 13.3. The molecule has 0 spiro atoms. The summed E-state index contributed by atoms with van der Waals surface area (Å²) in [5.74, 6) is -0.0510. The van der Waals surface area contributed by atoms with Crippen molar-refractivity contribution in [2.45, 2.75) is 24.9 Å². The largest absolute Gasteiger partial charge is 0.383 e. The number of rotatable bonds is 5. The fraction of sp³-hybridized carbons (Fsp3) is 0.194. The minimum atomic E-state index is -0.273. The van der Waals surface area contributed by atoms with Crippen LogP contribution < -0.4 is 16.8 Å². The van der Waals surface area contributed by atoms with Crippen molar-refractivity contribution in [2.75, 3.05) is 19.8 Å². The van der Waals surface area contributed by atoms with Crippen LogP contribution in [0, 0.1) is 0 Å². The van der Waals surface area contributed by atoms with Crippen LogP contribution in [0.25, 0.3) is 33.4 Å². The first-order valence-electron chi connectivity index (χ1n) is 13.4. The Morgan fingerprint density at radius 1 is 1.00 bits per heavy atom. The number of fused-ring (bicyclic) bond motifs is 2. The Balaban J connectivity index is 1.28. The summed E-state index contributed by atoms with van der Waals surface area (Å²) in [5.41, 5.74) is 19.4. The van der Waals surface area contributed by atoms with Crippen molar-refractivity contribution in [2.24, 2.45) is 5.73 Å². The molecule has 2 amide bonds. The zero-order chi connectivity index (χ0) is 28.7. The molecular formula is C31H30N8O2. The van der Waals surface area contributed by atoms with E-state index in [0.29, 0.717) is 34.0 Å². The van der Waals surface area contributed by atoms with Crippen molar-refractivity contribution >= 4 is 28.7 Å². The van der Waals surface area contributed by atoms with E-state index in [1.807, 2.05) is 30.3 Å². The number of H-pyrrole nitrogens is 1. The molecule has 41 heavy (non-hydrogen) atoms. The number of nitrogens with one attached hydrogen (secondary N) is 2. The third kappa shape index (κ3) is 4.89. The van der Waals surface area contributed by atoms with Gasteiger partial charge in [0.25, 0.3) is 11.8 Å². The maximum absolute atomic E-state index is 13.3. The number of nitrogen functional groups attached to an aromatic ring is 1. The first-order valence-corrected chi connectivity index (χ1v) is 13.4. The van der Waals surface area contributed by atoms with Gasteiger partial charge < -0.3 is 26.7 Å². The summed E-state index contributed by atoms with van der Waals surface area (Å²) in [6, 6.07) is 16.7. The fourth-order valence-electron chi connectivity index (χ4n) is 5.37. The highest BCUT2D eigenvalue weighted by Crippen LogP contribution is 2.33. The lowest BCUT2D eigenvalue weighted by Gasteiger charge is -2.31. The van der Waals surface area contributed by atoms with Crippen LogP contribution in [-0.2, 0) is 6.42 Å². The second kappa shape index (κ2) is 10.5. The van der Waals surface area contributed by atoms with Crippen LogP contribution in [-0.4, -0.2) is 56.8 Å². The molecule has 4 aromatic heterocycles. The second-order valence-electron chi connectivity index (χ2n) is 10.4. The Labute approximate surface area is 236 Å². The zero-order valence-corrected chi connectivity index (χ0v) is 22.8. The molecule has 206 valence electrons. The summed E-state index contributed by atoms with van der Waals surface area (Å²) < 4.78 is 0. The number of carbonyl (C=O) groups excluding carboxylic acids is 2. The van der Waals surface area contributed by atoms with Crippen LogP contribution in [0.15, 0.2) is 73.2 Å². The van der Waals surface area contributed by atoms with E-state index >= 15 is 0 Å². The summed E-state index contributed by atoms with van der Waals surface area (Å²) in [4.78, 5) is 43.5. The molecule has 2 atom stereocenters. The fourth-order valence-corrected chi connectivity index (χ4v) is 5.37. The Hall–Kier alpha value is -5.09. The Kier molecular flexibility index (Phi) is 6.68. The van der Waals surface area contributed by atoms with Gasteiger partial charge in [0.1, 0.15) is 17.2 Å². The summed E-state index contributed by atoms with van der Waals surface area (Å²) in [6.07, 6.45) is 6.53. The molecule has 0 radical (unpaired) electrons. The van der Waals surface area contributed by atoms with Crippen molar-refractivity contribution in [3.63, 3.8) is 0 Å². The van der Waals surface area contributed by atoms with Crippen molar-refractivity contribution in [3.8, 4) is 22.4 Å². The SMILES string of the molecule is CN(C)C(=O)c1ccc(-c2cc(-c3ccnc4[nH]c(C(=O)N[C@H]5CCc6ccccc6[C@H]5N)cc34)cnc2N)nc1. The van der Waals surface area contributed by atoms with Gasteiger partial charge in [-0.05, 0) is 59.9 Å². The number of amides is 2. The Morgan fingerprint density at radius 2 is 1.83 bits per heavy atom. The van der Waals surface area contributed by atoms with Crippen molar-refractivity contribution in [1.29, 1.82) is 0 Å². The van der Waals surface area contributed by atoms with E-state index < -0.39 is 0 Å². The molecule has 0 aliphatic heterocycles. The summed E-state index contributed by atoms with van der Waals surface area (Å²) in [5, 5.41) is 3.89. The van der Waals surface area contributed by atoms with Gasteiger partial charge in [0.05, 0.1) is 17.3 Å². The van der Waals surface area contributed by atoms with Crippen LogP contribution in [0.5, 0.6) is 0 Å². The lowest BCUT2D eigenvalue weighted by atomic mass is 9.84. The number of pyridine rings is 3. The van der Waals surface area contributed by atoms with Crippen molar-refractivity contribution < 1.29 is 9.59 Å². The van der Waals surface area contributed by atoms with Gasteiger partial charge in [-0.1, -0.05) is 24.3 Å². The second-order valence-corrected chi connectivity index (χ2v) is 10.4. The van der Waals surface area contributed by atoms with Crippen LogP contribution in [0.4, 0.5) is 5.82 Å². The van der Waals surface area contributed by atoms with Crippen molar-refractivity contribution in [1.82, 2.24) is 30.2 Å². The van der Waals surface area contributed by atoms with Gasteiger partial charge in [0.2, 0.25) is 0 Å². The van der Waals surface area contributed by atoms with Gasteiger partial charge in [0, 0.05) is 55.2 Å². The third-order valence-corrected chi connectivity index (χ3v) is 7.59. The first kappa shape index (κ1) is 26.1. The van der Waals surface area contributed by atoms with Crippen LogP contribution in [0.2, 0.25) is 0 Å². The van der Waals surface area contributed by atoms with E-state index in [0.717, 1.165) is 34.9 Å². The van der Waals surface area contributed by atoms with E-state index in [-0.39, 0.29) is 23.9 Å². The third-order valence-electron chi connectivity index (χ3n) is 7.59. The quantitative estimate of drug-likeness (QED) is 0.262. The number of aromatic amines is 1. The normalized spacial score (nSPS) is 16.3. The Morgan fingerprint density at radius 3 is 2.61 bits per heavy atom. The number of hydrogen-bond acceptors (Lipinski definition) is 7. The highest BCUT2D eigenvalue weighted by Gasteiger charge is 2.28. The molecule has 0 unspecified atom stereocenters. The maximum Gasteiger partial charge on any atom is 0.268 e. The van der Waals surface area contributed by atoms with Gasteiger partial charge in [-0.15, -0.1) is 0 Å². The van der Waals surface area contributed by atoms with E-state index in [2.05, 4.69) is 31.3 Å². The molecule has 6 rings (SSSR count). The minimum absolute atomic E-state index is 0.134. The van der Waals surface area contributed by atoms with Gasteiger partial charge in [0.15, 0.2) is 0 Å². The average molecular weight is 547 g/mol. The molecule has 1 aliphatic carbocycles.